The van der Waals surface area contributed by atoms with E-state index in [0.717, 1.165) is 16.5 Å². The lowest BCUT2D eigenvalue weighted by Gasteiger charge is -1.90. The van der Waals surface area contributed by atoms with Gasteiger partial charge in [-0.1, -0.05) is 12.0 Å². The van der Waals surface area contributed by atoms with Gasteiger partial charge in [-0.25, -0.2) is 0 Å². The molecule has 2 nitrogen and oxygen atoms in total. The van der Waals surface area contributed by atoms with Gasteiger partial charge in [0.1, 0.15) is 0 Å². The van der Waals surface area contributed by atoms with Crippen molar-refractivity contribution in [3.05, 3.63) is 30.0 Å². The molecule has 0 fully saturated rings. The first-order chi connectivity index (χ1) is 5.42. The Hall–Kier alpha value is -1.75. The van der Waals surface area contributed by atoms with E-state index in [9.17, 15) is 0 Å². The van der Waals surface area contributed by atoms with Crippen LogP contribution in [-0.2, 0) is 0 Å². The zero-order valence-corrected chi connectivity index (χ0v) is 5.83. The molecule has 11 heavy (non-hydrogen) atoms. The van der Waals surface area contributed by atoms with Gasteiger partial charge in [-0.05, 0) is 12.1 Å². The largest absolute Gasteiger partial charge is 0.278 e. The Bertz CT molecular complexity index is 420. The van der Waals surface area contributed by atoms with Gasteiger partial charge in [0.25, 0.3) is 0 Å². The number of aromatic nitrogens is 2. The van der Waals surface area contributed by atoms with Crippen LogP contribution in [0.1, 0.15) is 5.56 Å². The highest BCUT2D eigenvalue weighted by molar-refractivity contribution is 5.84. The fourth-order valence-corrected chi connectivity index (χ4v) is 1.09. The number of nitrogens with one attached hydrogen (secondary N) is 1. The standard InChI is InChI=1S/C9H6N2/c1-2-7-4-3-5-9-8(7)6-10-11-9/h1,3-6H,(H,10,11). The van der Waals surface area contributed by atoms with Gasteiger partial charge in [0, 0.05) is 10.9 Å². The maximum atomic E-state index is 5.28. The first kappa shape index (κ1) is 5.99. The predicted octanol–water partition coefficient (Wildman–Crippen LogP) is 1.54. The van der Waals surface area contributed by atoms with E-state index in [1.54, 1.807) is 6.20 Å². The molecule has 1 N–H and O–H groups in total. The van der Waals surface area contributed by atoms with E-state index < -0.39 is 0 Å². The molecular weight excluding hydrogens is 136 g/mol. The average molecular weight is 142 g/mol. The molecule has 0 aliphatic heterocycles. The summed E-state index contributed by atoms with van der Waals surface area (Å²) >= 11 is 0. The lowest BCUT2D eigenvalue weighted by atomic mass is 10.1. The SMILES string of the molecule is C#Cc1cccc2[nH]ncc12. The number of hydrogen-bond donors (Lipinski definition) is 1. The Balaban J connectivity index is 2.92. The molecule has 1 aromatic heterocycles. The van der Waals surface area contributed by atoms with Crippen molar-refractivity contribution in [1.29, 1.82) is 0 Å². The quantitative estimate of drug-likeness (QED) is 0.555. The monoisotopic (exact) mass is 142 g/mol. The van der Waals surface area contributed by atoms with Crippen LogP contribution in [0.3, 0.4) is 0 Å². The maximum absolute atomic E-state index is 5.28. The van der Waals surface area contributed by atoms with E-state index in [1.165, 1.54) is 0 Å². The molecule has 2 heteroatoms. The average Bonchev–Trinajstić information content (AvgIpc) is 2.50. The Morgan fingerprint density at radius 1 is 1.45 bits per heavy atom. The molecule has 0 aliphatic rings. The topological polar surface area (TPSA) is 28.7 Å². The molecule has 0 saturated carbocycles. The van der Waals surface area contributed by atoms with Crippen LogP contribution >= 0.6 is 0 Å². The molecule has 1 aromatic carbocycles. The summed E-state index contributed by atoms with van der Waals surface area (Å²) in [6.45, 7) is 0. The maximum Gasteiger partial charge on any atom is 0.0662 e. The van der Waals surface area contributed by atoms with E-state index in [2.05, 4.69) is 16.1 Å². The number of terminal acetylenes is 1. The molecule has 0 spiro atoms. The molecule has 52 valence electrons. The molecule has 0 radical (unpaired) electrons. The van der Waals surface area contributed by atoms with Crippen LogP contribution in [0, 0.1) is 12.3 Å². The summed E-state index contributed by atoms with van der Waals surface area (Å²) in [7, 11) is 0. The summed E-state index contributed by atoms with van der Waals surface area (Å²) in [5.74, 6) is 2.60. The van der Waals surface area contributed by atoms with Gasteiger partial charge in [0.05, 0.1) is 11.7 Å². The van der Waals surface area contributed by atoms with Crippen LogP contribution in [0.4, 0.5) is 0 Å². The first-order valence-corrected chi connectivity index (χ1v) is 3.30. The number of aromatic amines is 1. The summed E-state index contributed by atoms with van der Waals surface area (Å²) in [5.41, 5.74) is 1.87. The van der Waals surface area contributed by atoms with Gasteiger partial charge in [0.15, 0.2) is 0 Å². The summed E-state index contributed by atoms with van der Waals surface area (Å²) in [4.78, 5) is 0. The highest BCUT2D eigenvalue weighted by Crippen LogP contribution is 2.13. The molecule has 2 aromatic rings. The Kier molecular flexibility index (Phi) is 1.16. The zero-order valence-electron chi connectivity index (χ0n) is 5.83. The number of H-pyrrole nitrogens is 1. The fourth-order valence-electron chi connectivity index (χ4n) is 1.09. The molecule has 0 atom stereocenters. The lowest BCUT2D eigenvalue weighted by molar-refractivity contribution is 1.12. The summed E-state index contributed by atoms with van der Waals surface area (Å²) in [6, 6.07) is 5.76. The Morgan fingerprint density at radius 3 is 3.18 bits per heavy atom. The van der Waals surface area contributed by atoms with Crippen molar-refractivity contribution in [2.45, 2.75) is 0 Å². The predicted molar refractivity (Wildman–Crippen MR) is 44.0 cm³/mol. The minimum absolute atomic E-state index is 0.885. The van der Waals surface area contributed by atoms with Crippen molar-refractivity contribution >= 4 is 10.9 Å². The normalized spacial score (nSPS) is 9.73. The van der Waals surface area contributed by atoms with Gasteiger partial charge in [-0.3, -0.25) is 5.10 Å². The second kappa shape index (κ2) is 2.14. The molecule has 0 bridgehead atoms. The molecule has 1 heterocycles. The molecular formula is C9H6N2. The summed E-state index contributed by atoms with van der Waals surface area (Å²) in [6.07, 6.45) is 7.02. The summed E-state index contributed by atoms with van der Waals surface area (Å²) < 4.78 is 0. The van der Waals surface area contributed by atoms with Crippen LogP contribution in [-0.4, -0.2) is 10.2 Å². The fraction of sp³-hybridized carbons (Fsp3) is 0. The molecule has 2 rings (SSSR count). The molecule has 0 saturated heterocycles. The minimum Gasteiger partial charge on any atom is -0.278 e. The highest BCUT2D eigenvalue weighted by atomic mass is 15.1. The third-order valence-corrected chi connectivity index (χ3v) is 1.64. The van der Waals surface area contributed by atoms with Gasteiger partial charge in [0.2, 0.25) is 0 Å². The van der Waals surface area contributed by atoms with Crippen molar-refractivity contribution in [3.8, 4) is 12.3 Å². The van der Waals surface area contributed by atoms with Crippen LogP contribution < -0.4 is 0 Å². The second-order valence-corrected chi connectivity index (χ2v) is 2.28. The Labute approximate surface area is 64.2 Å². The summed E-state index contributed by atoms with van der Waals surface area (Å²) in [5, 5.41) is 7.75. The van der Waals surface area contributed by atoms with E-state index in [4.69, 9.17) is 6.42 Å². The van der Waals surface area contributed by atoms with Gasteiger partial charge >= 0.3 is 0 Å². The van der Waals surface area contributed by atoms with E-state index in [0.29, 0.717) is 0 Å². The van der Waals surface area contributed by atoms with Crippen LogP contribution in [0.5, 0.6) is 0 Å². The number of benzene rings is 1. The number of hydrogen-bond acceptors (Lipinski definition) is 1. The molecule has 0 amide bonds. The molecule has 0 aliphatic carbocycles. The Morgan fingerprint density at radius 2 is 2.36 bits per heavy atom. The molecule has 0 unspecified atom stereocenters. The van der Waals surface area contributed by atoms with Crippen molar-refractivity contribution in [1.82, 2.24) is 10.2 Å². The minimum atomic E-state index is 0.885. The van der Waals surface area contributed by atoms with Crippen molar-refractivity contribution in [3.63, 3.8) is 0 Å². The van der Waals surface area contributed by atoms with Gasteiger partial charge < -0.3 is 0 Å². The number of nitrogens with zero attached hydrogens (tertiary/aromatic N) is 1. The van der Waals surface area contributed by atoms with Crippen LogP contribution in [0.25, 0.3) is 10.9 Å². The van der Waals surface area contributed by atoms with Crippen molar-refractivity contribution < 1.29 is 0 Å². The van der Waals surface area contributed by atoms with E-state index in [1.807, 2.05) is 18.2 Å². The van der Waals surface area contributed by atoms with Crippen molar-refractivity contribution in [2.24, 2.45) is 0 Å². The zero-order chi connectivity index (χ0) is 7.68. The first-order valence-electron chi connectivity index (χ1n) is 3.30. The van der Waals surface area contributed by atoms with E-state index in [-0.39, 0.29) is 0 Å². The lowest BCUT2D eigenvalue weighted by Crippen LogP contribution is -1.73. The number of fused-ring (bicyclic) bond motifs is 1. The third kappa shape index (κ3) is 0.786. The van der Waals surface area contributed by atoms with Gasteiger partial charge in [-0.15, -0.1) is 6.42 Å². The van der Waals surface area contributed by atoms with Crippen LogP contribution in [0.15, 0.2) is 24.4 Å². The third-order valence-electron chi connectivity index (χ3n) is 1.64. The van der Waals surface area contributed by atoms with Crippen molar-refractivity contribution in [2.75, 3.05) is 0 Å². The van der Waals surface area contributed by atoms with Gasteiger partial charge in [-0.2, -0.15) is 5.10 Å². The number of rotatable bonds is 0. The highest BCUT2D eigenvalue weighted by Gasteiger charge is 1.97. The smallest absolute Gasteiger partial charge is 0.0662 e. The van der Waals surface area contributed by atoms with E-state index >= 15 is 0 Å². The van der Waals surface area contributed by atoms with Crippen LogP contribution in [0.2, 0.25) is 0 Å². The second-order valence-electron chi connectivity index (χ2n) is 2.28.